The molecule has 2 aliphatic carbocycles. The molecule has 1 aromatic heterocycles. The zero-order valence-electron chi connectivity index (χ0n) is 13.2. The van der Waals surface area contributed by atoms with E-state index in [-0.39, 0.29) is 11.8 Å². The second kappa shape index (κ2) is 5.54. The number of fused-ring (bicyclic) bond motifs is 1. The van der Waals surface area contributed by atoms with Gasteiger partial charge in [0.2, 0.25) is 5.91 Å². The lowest BCUT2D eigenvalue weighted by atomic mass is 10.1. The van der Waals surface area contributed by atoms with Crippen molar-refractivity contribution in [2.45, 2.75) is 19.3 Å². The van der Waals surface area contributed by atoms with Gasteiger partial charge in [0.25, 0.3) is 0 Å². The molecule has 0 aromatic carbocycles. The molecule has 0 bridgehead atoms. The van der Waals surface area contributed by atoms with Crippen molar-refractivity contribution in [3.8, 4) is 0 Å². The quantitative estimate of drug-likeness (QED) is 0.925. The average molecular weight is 300 g/mol. The minimum atomic E-state index is 0.176. The van der Waals surface area contributed by atoms with Gasteiger partial charge in [0.1, 0.15) is 5.82 Å². The van der Waals surface area contributed by atoms with Crippen LogP contribution in [-0.2, 0) is 4.79 Å². The van der Waals surface area contributed by atoms with E-state index in [2.05, 4.69) is 33.2 Å². The van der Waals surface area contributed by atoms with Gasteiger partial charge >= 0.3 is 0 Å². The van der Waals surface area contributed by atoms with Crippen molar-refractivity contribution in [2.75, 3.05) is 43.4 Å². The van der Waals surface area contributed by atoms with Gasteiger partial charge in [-0.05, 0) is 43.9 Å². The molecular formula is C17H24N4O. The van der Waals surface area contributed by atoms with Crippen molar-refractivity contribution in [1.82, 2.24) is 9.88 Å². The minimum absolute atomic E-state index is 0.176. The lowest BCUT2D eigenvalue weighted by Gasteiger charge is -2.33. The highest BCUT2D eigenvalue weighted by Gasteiger charge is 2.56. The number of likely N-dealkylation sites (N-methyl/N-ethyl adjacent to an activating group) is 1. The van der Waals surface area contributed by atoms with Crippen molar-refractivity contribution in [2.24, 2.45) is 17.8 Å². The maximum atomic E-state index is 12.2. The van der Waals surface area contributed by atoms with Crippen molar-refractivity contribution >= 4 is 17.4 Å². The standard InChI is InChI=1S/C17H24N4O/c1-20-7-9-21(10-8-20)12-5-6-15(18-11-12)19-17(22)16-13-3-2-4-14(13)16/h5-6,11,13-14,16H,2-4,7-10H2,1H3,(H,18,19,22). The van der Waals surface area contributed by atoms with Gasteiger partial charge in [0, 0.05) is 32.1 Å². The Morgan fingerprint density at radius 2 is 1.91 bits per heavy atom. The predicted octanol–water partition coefficient (Wildman–Crippen LogP) is 1.82. The number of rotatable bonds is 3. The predicted molar refractivity (Wildman–Crippen MR) is 86.9 cm³/mol. The molecule has 2 heterocycles. The van der Waals surface area contributed by atoms with Gasteiger partial charge in [0.05, 0.1) is 11.9 Å². The van der Waals surface area contributed by atoms with E-state index < -0.39 is 0 Å². The summed E-state index contributed by atoms with van der Waals surface area (Å²) >= 11 is 0. The molecule has 3 fully saturated rings. The van der Waals surface area contributed by atoms with Gasteiger partial charge < -0.3 is 15.1 Å². The topological polar surface area (TPSA) is 48.5 Å². The molecule has 118 valence electrons. The Kier molecular flexibility index (Phi) is 3.53. The molecule has 5 heteroatoms. The molecule has 1 amide bonds. The van der Waals surface area contributed by atoms with Crippen LogP contribution in [0.5, 0.6) is 0 Å². The first-order valence-corrected chi connectivity index (χ1v) is 8.43. The number of amides is 1. The first-order chi connectivity index (χ1) is 10.7. The molecule has 2 saturated carbocycles. The second-order valence-corrected chi connectivity index (χ2v) is 6.97. The summed E-state index contributed by atoms with van der Waals surface area (Å²) in [5.41, 5.74) is 1.15. The molecule has 5 nitrogen and oxygen atoms in total. The van der Waals surface area contributed by atoms with Gasteiger partial charge in [0.15, 0.2) is 0 Å². The number of piperazine rings is 1. The number of hydrogen-bond acceptors (Lipinski definition) is 4. The van der Waals surface area contributed by atoms with Gasteiger partial charge in [-0.1, -0.05) is 6.42 Å². The molecule has 3 aliphatic rings. The summed E-state index contributed by atoms with van der Waals surface area (Å²) < 4.78 is 0. The van der Waals surface area contributed by atoms with Crippen LogP contribution in [0.3, 0.4) is 0 Å². The fraction of sp³-hybridized carbons (Fsp3) is 0.647. The van der Waals surface area contributed by atoms with Crippen LogP contribution in [0, 0.1) is 17.8 Å². The van der Waals surface area contributed by atoms with E-state index in [9.17, 15) is 4.79 Å². The van der Waals surface area contributed by atoms with Crippen LogP contribution in [0.25, 0.3) is 0 Å². The number of aromatic nitrogens is 1. The van der Waals surface area contributed by atoms with Crippen LogP contribution in [0.4, 0.5) is 11.5 Å². The van der Waals surface area contributed by atoms with Gasteiger partial charge in [-0.2, -0.15) is 0 Å². The summed E-state index contributed by atoms with van der Waals surface area (Å²) in [6, 6.07) is 4.01. The van der Waals surface area contributed by atoms with E-state index in [1.165, 1.54) is 19.3 Å². The molecule has 22 heavy (non-hydrogen) atoms. The third kappa shape index (κ3) is 2.58. The Labute approximate surface area is 131 Å². The highest BCUT2D eigenvalue weighted by atomic mass is 16.2. The summed E-state index contributed by atoms with van der Waals surface area (Å²) in [4.78, 5) is 21.4. The minimum Gasteiger partial charge on any atom is -0.368 e. The van der Waals surface area contributed by atoms with Crippen LogP contribution in [-0.4, -0.2) is 49.0 Å². The zero-order chi connectivity index (χ0) is 15.1. The SMILES string of the molecule is CN1CCN(c2ccc(NC(=O)C3C4CCCC43)nc2)CC1. The maximum Gasteiger partial charge on any atom is 0.229 e. The molecule has 1 aromatic rings. The normalized spacial score (nSPS) is 31.0. The van der Waals surface area contributed by atoms with Gasteiger partial charge in [-0.15, -0.1) is 0 Å². The van der Waals surface area contributed by atoms with Crippen LogP contribution in [0.15, 0.2) is 18.3 Å². The van der Waals surface area contributed by atoms with Crippen LogP contribution in [0.2, 0.25) is 0 Å². The Bertz CT molecular complexity index is 540. The number of anilines is 2. The molecule has 1 aliphatic heterocycles. The Morgan fingerprint density at radius 3 is 2.55 bits per heavy atom. The monoisotopic (exact) mass is 300 g/mol. The van der Waals surface area contributed by atoms with Crippen molar-refractivity contribution in [3.05, 3.63) is 18.3 Å². The van der Waals surface area contributed by atoms with Crippen molar-refractivity contribution < 1.29 is 4.79 Å². The van der Waals surface area contributed by atoms with E-state index in [0.717, 1.165) is 31.9 Å². The molecule has 4 rings (SSSR count). The summed E-state index contributed by atoms with van der Waals surface area (Å²) in [6.07, 6.45) is 5.66. The van der Waals surface area contributed by atoms with Crippen molar-refractivity contribution in [3.63, 3.8) is 0 Å². The smallest absolute Gasteiger partial charge is 0.229 e. The first kappa shape index (κ1) is 14.0. The maximum absolute atomic E-state index is 12.2. The largest absolute Gasteiger partial charge is 0.368 e. The van der Waals surface area contributed by atoms with Crippen molar-refractivity contribution in [1.29, 1.82) is 0 Å². The Hall–Kier alpha value is -1.62. The highest BCUT2D eigenvalue weighted by molar-refractivity contribution is 5.94. The summed E-state index contributed by atoms with van der Waals surface area (Å²) in [5.74, 6) is 2.43. The number of hydrogen-bond donors (Lipinski definition) is 1. The van der Waals surface area contributed by atoms with Gasteiger partial charge in [-0.3, -0.25) is 4.79 Å². The Morgan fingerprint density at radius 1 is 1.18 bits per heavy atom. The summed E-state index contributed by atoms with van der Waals surface area (Å²) in [5, 5.41) is 2.99. The second-order valence-electron chi connectivity index (χ2n) is 6.97. The van der Waals surface area contributed by atoms with E-state index in [1.54, 1.807) is 0 Å². The van der Waals surface area contributed by atoms with E-state index in [0.29, 0.717) is 17.7 Å². The average Bonchev–Trinajstić information content (AvgIpc) is 3.02. The van der Waals surface area contributed by atoms with Gasteiger partial charge in [-0.25, -0.2) is 4.98 Å². The lowest BCUT2D eigenvalue weighted by molar-refractivity contribution is -0.118. The molecule has 1 saturated heterocycles. The highest BCUT2D eigenvalue weighted by Crippen LogP contribution is 2.57. The Balaban J connectivity index is 1.35. The number of nitrogens with zero attached hydrogens (tertiary/aromatic N) is 3. The number of carbonyl (C=O) groups excluding carboxylic acids is 1. The number of carbonyl (C=O) groups is 1. The molecular weight excluding hydrogens is 276 g/mol. The third-order valence-electron chi connectivity index (χ3n) is 5.58. The fourth-order valence-electron chi connectivity index (χ4n) is 4.13. The van der Waals surface area contributed by atoms with E-state index in [4.69, 9.17) is 0 Å². The first-order valence-electron chi connectivity index (χ1n) is 8.43. The lowest BCUT2D eigenvalue weighted by Crippen LogP contribution is -2.44. The number of pyridine rings is 1. The van der Waals surface area contributed by atoms with Crippen LogP contribution >= 0.6 is 0 Å². The summed E-state index contributed by atoms with van der Waals surface area (Å²) in [6.45, 7) is 4.25. The third-order valence-corrected chi connectivity index (χ3v) is 5.58. The van der Waals surface area contributed by atoms with Crippen LogP contribution < -0.4 is 10.2 Å². The number of nitrogens with one attached hydrogen (secondary N) is 1. The molecule has 2 atom stereocenters. The molecule has 0 spiro atoms. The molecule has 2 unspecified atom stereocenters. The van der Waals surface area contributed by atoms with Crippen LogP contribution in [0.1, 0.15) is 19.3 Å². The molecule has 0 radical (unpaired) electrons. The summed E-state index contributed by atoms with van der Waals surface area (Å²) in [7, 11) is 2.15. The van der Waals surface area contributed by atoms with E-state index in [1.807, 2.05) is 12.3 Å². The molecule has 1 N–H and O–H groups in total. The van der Waals surface area contributed by atoms with E-state index >= 15 is 0 Å². The zero-order valence-corrected chi connectivity index (χ0v) is 13.2. The fourth-order valence-corrected chi connectivity index (χ4v) is 4.13.